The van der Waals surface area contributed by atoms with Crippen LogP contribution in [0, 0.1) is 0 Å². The van der Waals surface area contributed by atoms with Crippen LogP contribution >= 0.6 is 11.3 Å². The Labute approximate surface area is 159 Å². The highest BCUT2D eigenvalue weighted by molar-refractivity contribution is 7.13. The molecule has 0 saturated carbocycles. The molecule has 2 aromatic heterocycles. The largest absolute Gasteiger partial charge is 0.342 e. The number of aromatic nitrogens is 2. The Morgan fingerprint density at radius 3 is 2.73 bits per heavy atom. The number of hydrogen-bond acceptors (Lipinski definition) is 6. The highest BCUT2D eigenvalue weighted by Crippen LogP contribution is 2.28. The Balaban J connectivity index is 1.54. The monoisotopic (exact) mass is 373 g/mol. The van der Waals surface area contributed by atoms with E-state index in [9.17, 15) is 4.79 Å². The smallest absolute Gasteiger partial charge is 0.236 e. The summed E-state index contributed by atoms with van der Waals surface area (Å²) in [4.78, 5) is 25.5. The predicted octanol–water partition coefficient (Wildman–Crippen LogP) is 3.33. The SMILES string of the molecule is CCN(CC)C(=O)CN1CCC(c2cccc(Nc3nccs3)n2)CC1. The number of amides is 1. The van der Waals surface area contributed by atoms with E-state index in [0.717, 1.165) is 55.7 Å². The second-order valence-electron chi connectivity index (χ2n) is 6.53. The van der Waals surface area contributed by atoms with Gasteiger partial charge in [0, 0.05) is 36.3 Å². The van der Waals surface area contributed by atoms with E-state index in [-0.39, 0.29) is 5.91 Å². The van der Waals surface area contributed by atoms with E-state index >= 15 is 0 Å². The summed E-state index contributed by atoms with van der Waals surface area (Å²) in [6.45, 7) is 8.07. The van der Waals surface area contributed by atoms with Crippen LogP contribution < -0.4 is 5.32 Å². The second kappa shape index (κ2) is 9.09. The number of piperidine rings is 1. The lowest BCUT2D eigenvalue weighted by Crippen LogP contribution is -2.43. The Morgan fingerprint density at radius 2 is 2.08 bits per heavy atom. The molecule has 0 bridgehead atoms. The number of thiazole rings is 1. The molecule has 1 N–H and O–H groups in total. The first-order chi connectivity index (χ1) is 12.7. The minimum absolute atomic E-state index is 0.237. The first-order valence-electron chi connectivity index (χ1n) is 9.33. The van der Waals surface area contributed by atoms with Gasteiger partial charge in [-0.05, 0) is 51.9 Å². The number of anilines is 2. The molecule has 140 valence electrons. The Morgan fingerprint density at radius 1 is 1.31 bits per heavy atom. The number of likely N-dealkylation sites (tertiary alicyclic amines) is 1. The van der Waals surface area contributed by atoms with Crippen LogP contribution in [0.15, 0.2) is 29.8 Å². The zero-order valence-electron chi connectivity index (χ0n) is 15.5. The molecule has 1 saturated heterocycles. The molecule has 0 spiro atoms. The summed E-state index contributed by atoms with van der Waals surface area (Å²) in [5, 5.41) is 6.07. The third-order valence-corrected chi connectivity index (χ3v) is 5.61. The Bertz CT molecular complexity index is 694. The summed E-state index contributed by atoms with van der Waals surface area (Å²) < 4.78 is 0. The topological polar surface area (TPSA) is 61.4 Å². The lowest BCUT2D eigenvalue weighted by atomic mass is 9.93. The number of nitrogens with one attached hydrogen (secondary N) is 1. The van der Waals surface area contributed by atoms with Gasteiger partial charge in [0.15, 0.2) is 5.13 Å². The highest BCUT2D eigenvalue weighted by Gasteiger charge is 2.24. The Hall–Kier alpha value is -1.99. The quantitative estimate of drug-likeness (QED) is 0.807. The van der Waals surface area contributed by atoms with Crippen molar-refractivity contribution < 1.29 is 4.79 Å². The number of likely N-dealkylation sites (N-methyl/N-ethyl adjacent to an activating group) is 1. The van der Waals surface area contributed by atoms with Gasteiger partial charge >= 0.3 is 0 Å². The maximum atomic E-state index is 12.3. The van der Waals surface area contributed by atoms with E-state index in [4.69, 9.17) is 4.98 Å². The minimum atomic E-state index is 0.237. The fourth-order valence-electron chi connectivity index (χ4n) is 3.40. The number of carbonyl (C=O) groups excluding carboxylic acids is 1. The molecule has 7 heteroatoms. The number of rotatable bonds is 7. The molecule has 1 aliphatic rings. The summed E-state index contributed by atoms with van der Waals surface area (Å²) in [6, 6.07) is 6.13. The van der Waals surface area contributed by atoms with Crippen molar-refractivity contribution in [2.24, 2.45) is 0 Å². The van der Waals surface area contributed by atoms with Crippen LogP contribution in [0.1, 0.15) is 38.3 Å². The molecule has 3 rings (SSSR count). The van der Waals surface area contributed by atoms with Crippen LogP contribution in [0.4, 0.5) is 10.9 Å². The van der Waals surface area contributed by atoms with E-state index in [1.165, 1.54) is 0 Å². The number of hydrogen-bond donors (Lipinski definition) is 1. The molecule has 0 unspecified atom stereocenters. The molecule has 1 amide bonds. The van der Waals surface area contributed by atoms with Crippen molar-refractivity contribution in [3.8, 4) is 0 Å². The van der Waals surface area contributed by atoms with E-state index in [1.807, 2.05) is 30.2 Å². The van der Waals surface area contributed by atoms with E-state index in [1.54, 1.807) is 17.5 Å². The minimum Gasteiger partial charge on any atom is -0.342 e. The lowest BCUT2D eigenvalue weighted by molar-refractivity contribution is -0.132. The van der Waals surface area contributed by atoms with Gasteiger partial charge < -0.3 is 10.2 Å². The van der Waals surface area contributed by atoms with E-state index < -0.39 is 0 Å². The standard InChI is InChI=1S/C19H27N5OS/c1-3-24(4-2)18(25)14-23-11-8-15(9-12-23)16-6-5-7-17(21-16)22-19-20-10-13-26-19/h5-7,10,13,15H,3-4,8-9,11-12,14H2,1-2H3,(H,20,21,22). The molecule has 0 aromatic carbocycles. The summed E-state index contributed by atoms with van der Waals surface area (Å²) in [5.74, 6) is 1.53. The molecule has 6 nitrogen and oxygen atoms in total. The fourth-order valence-corrected chi connectivity index (χ4v) is 3.93. The molecular formula is C19H27N5OS. The van der Waals surface area contributed by atoms with E-state index in [0.29, 0.717) is 12.5 Å². The fraction of sp³-hybridized carbons (Fsp3) is 0.526. The first-order valence-corrected chi connectivity index (χ1v) is 10.2. The van der Waals surface area contributed by atoms with Gasteiger partial charge in [-0.25, -0.2) is 9.97 Å². The average Bonchev–Trinajstić information content (AvgIpc) is 3.16. The highest BCUT2D eigenvalue weighted by atomic mass is 32.1. The van der Waals surface area contributed by atoms with Crippen molar-refractivity contribution in [1.29, 1.82) is 0 Å². The van der Waals surface area contributed by atoms with Gasteiger partial charge in [0.25, 0.3) is 0 Å². The van der Waals surface area contributed by atoms with Crippen molar-refractivity contribution >= 4 is 28.2 Å². The summed E-state index contributed by atoms with van der Waals surface area (Å²) in [5.41, 5.74) is 1.13. The summed E-state index contributed by atoms with van der Waals surface area (Å²) in [7, 11) is 0. The summed E-state index contributed by atoms with van der Waals surface area (Å²) in [6.07, 6.45) is 3.87. The van der Waals surface area contributed by atoms with Crippen LogP contribution in [-0.4, -0.2) is 58.4 Å². The second-order valence-corrected chi connectivity index (χ2v) is 7.42. The number of pyridine rings is 1. The Kier molecular flexibility index (Phi) is 6.57. The van der Waals surface area contributed by atoms with Crippen molar-refractivity contribution in [2.45, 2.75) is 32.6 Å². The first kappa shape index (κ1) is 18.8. The van der Waals surface area contributed by atoms with Gasteiger partial charge in [-0.1, -0.05) is 6.07 Å². The van der Waals surface area contributed by atoms with Gasteiger partial charge in [0.2, 0.25) is 5.91 Å². The molecule has 0 atom stereocenters. The van der Waals surface area contributed by atoms with Gasteiger partial charge in [0.1, 0.15) is 5.82 Å². The van der Waals surface area contributed by atoms with Crippen LogP contribution in [0.3, 0.4) is 0 Å². The van der Waals surface area contributed by atoms with Gasteiger partial charge in [-0.15, -0.1) is 11.3 Å². The number of carbonyl (C=O) groups is 1. The van der Waals surface area contributed by atoms with Crippen molar-refractivity contribution in [1.82, 2.24) is 19.8 Å². The zero-order chi connectivity index (χ0) is 18.4. The van der Waals surface area contributed by atoms with Crippen molar-refractivity contribution in [3.05, 3.63) is 35.5 Å². The van der Waals surface area contributed by atoms with Crippen LogP contribution in [0.25, 0.3) is 0 Å². The summed E-state index contributed by atoms with van der Waals surface area (Å²) >= 11 is 1.57. The molecule has 1 aliphatic heterocycles. The van der Waals surface area contributed by atoms with Crippen molar-refractivity contribution in [3.63, 3.8) is 0 Å². The van der Waals surface area contributed by atoms with Crippen LogP contribution in [0.5, 0.6) is 0 Å². The third-order valence-electron chi connectivity index (χ3n) is 4.92. The molecule has 26 heavy (non-hydrogen) atoms. The van der Waals surface area contributed by atoms with Crippen molar-refractivity contribution in [2.75, 3.05) is 38.0 Å². The third kappa shape index (κ3) is 4.80. The lowest BCUT2D eigenvalue weighted by Gasteiger charge is -2.32. The molecule has 3 heterocycles. The maximum Gasteiger partial charge on any atom is 0.236 e. The van der Waals surface area contributed by atoms with E-state index in [2.05, 4.69) is 27.3 Å². The van der Waals surface area contributed by atoms with Crippen LogP contribution in [-0.2, 0) is 4.79 Å². The average molecular weight is 374 g/mol. The van der Waals surface area contributed by atoms with Gasteiger partial charge in [-0.2, -0.15) is 0 Å². The zero-order valence-corrected chi connectivity index (χ0v) is 16.3. The van der Waals surface area contributed by atoms with Crippen LogP contribution in [0.2, 0.25) is 0 Å². The van der Waals surface area contributed by atoms with Gasteiger partial charge in [0.05, 0.1) is 6.54 Å². The normalized spacial score (nSPS) is 15.8. The maximum absolute atomic E-state index is 12.3. The molecule has 2 aromatic rings. The molecular weight excluding hydrogens is 346 g/mol. The molecule has 1 fully saturated rings. The molecule has 0 aliphatic carbocycles. The number of nitrogens with zero attached hydrogens (tertiary/aromatic N) is 4. The van der Waals surface area contributed by atoms with Gasteiger partial charge in [-0.3, -0.25) is 9.69 Å². The predicted molar refractivity (Wildman–Crippen MR) is 106 cm³/mol. The molecule has 0 radical (unpaired) electrons.